The lowest BCUT2D eigenvalue weighted by molar-refractivity contribution is -0.123. The molecule has 0 saturated carbocycles. The molecule has 2 heterocycles. The third-order valence-corrected chi connectivity index (χ3v) is 6.36. The van der Waals surface area contributed by atoms with E-state index >= 15 is 0 Å². The van der Waals surface area contributed by atoms with E-state index in [2.05, 4.69) is 9.71 Å². The SMILES string of the molecule is CC(C)(C)S(=O)(=O)NC(=O)C1CCN(c2ccncc2C(=O)O)CC1. The third kappa shape index (κ3) is 4.28. The third-order valence-electron chi connectivity index (χ3n) is 4.28. The molecule has 0 aliphatic carbocycles. The number of amides is 1. The number of hydrogen-bond donors (Lipinski definition) is 2. The lowest BCUT2D eigenvalue weighted by atomic mass is 9.95. The molecule has 1 fully saturated rings. The highest BCUT2D eigenvalue weighted by atomic mass is 32.2. The summed E-state index contributed by atoms with van der Waals surface area (Å²) in [4.78, 5) is 29.3. The van der Waals surface area contributed by atoms with Crippen LogP contribution in [0.2, 0.25) is 0 Å². The fourth-order valence-electron chi connectivity index (χ4n) is 2.58. The zero-order valence-corrected chi connectivity index (χ0v) is 15.3. The predicted molar refractivity (Wildman–Crippen MR) is 92.9 cm³/mol. The Morgan fingerprint density at radius 1 is 1.28 bits per heavy atom. The smallest absolute Gasteiger partial charge is 0.339 e. The largest absolute Gasteiger partial charge is 0.478 e. The molecule has 1 aromatic heterocycles. The van der Waals surface area contributed by atoms with E-state index < -0.39 is 32.6 Å². The number of aromatic nitrogens is 1. The number of piperidine rings is 1. The van der Waals surface area contributed by atoms with Crippen molar-refractivity contribution in [1.29, 1.82) is 0 Å². The van der Waals surface area contributed by atoms with Gasteiger partial charge in [0.25, 0.3) is 0 Å². The van der Waals surface area contributed by atoms with Crippen LogP contribution in [0.5, 0.6) is 0 Å². The van der Waals surface area contributed by atoms with Gasteiger partial charge in [-0.25, -0.2) is 13.2 Å². The van der Waals surface area contributed by atoms with E-state index in [1.165, 1.54) is 33.2 Å². The van der Waals surface area contributed by atoms with Crippen LogP contribution in [0.15, 0.2) is 18.5 Å². The Bertz CT molecular complexity index is 762. The van der Waals surface area contributed by atoms with Crippen LogP contribution in [0.3, 0.4) is 0 Å². The van der Waals surface area contributed by atoms with Crippen LogP contribution in [0.25, 0.3) is 0 Å². The molecule has 0 unspecified atom stereocenters. The molecule has 8 nitrogen and oxygen atoms in total. The molecule has 1 amide bonds. The number of nitrogens with one attached hydrogen (secondary N) is 1. The molecule has 1 aliphatic heterocycles. The maximum Gasteiger partial charge on any atom is 0.339 e. The van der Waals surface area contributed by atoms with Crippen LogP contribution in [0.4, 0.5) is 5.69 Å². The zero-order chi connectivity index (χ0) is 18.8. The molecule has 1 saturated heterocycles. The Balaban J connectivity index is 2.03. The van der Waals surface area contributed by atoms with Crippen molar-refractivity contribution in [1.82, 2.24) is 9.71 Å². The highest BCUT2D eigenvalue weighted by molar-refractivity contribution is 7.91. The van der Waals surface area contributed by atoms with Crippen LogP contribution in [0.1, 0.15) is 44.0 Å². The Morgan fingerprint density at radius 2 is 1.88 bits per heavy atom. The van der Waals surface area contributed by atoms with Gasteiger partial charge >= 0.3 is 5.97 Å². The number of carbonyl (C=O) groups excluding carboxylic acids is 1. The summed E-state index contributed by atoms with van der Waals surface area (Å²) in [6.45, 7) is 5.53. The van der Waals surface area contributed by atoms with Crippen LogP contribution < -0.4 is 9.62 Å². The van der Waals surface area contributed by atoms with Crippen LogP contribution in [-0.4, -0.2) is 48.2 Å². The minimum absolute atomic E-state index is 0.112. The first-order chi connectivity index (χ1) is 11.5. The molecular formula is C16H23N3O5S. The van der Waals surface area contributed by atoms with E-state index in [9.17, 15) is 23.1 Å². The molecule has 1 aliphatic rings. The Morgan fingerprint density at radius 3 is 2.40 bits per heavy atom. The number of sulfonamides is 1. The van der Waals surface area contributed by atoms with Crippen molar-refractivity contribution in [3.05, 3.63) is 24.0 Å². The van der Waals surface area contributed by atoms with Gasteiger partial charge in [-0.1, -0.05) is 0 Å². The number of carboxylic acid groups (broad SMARTS) is 1. The average molecular weight is 369 g/mol. The van der Waals surface area contributed by atoms with Gasteiger partial charge in [0, 0.05) is 31.4 Å². The first-order valence-electron chi connectivity index (χ1n) is 8.01. The minimum atomic E-state index is -3.73. The van der Waals surface area contributed by atoms with E-state index in [-0.39, 0.29) is 5.56 Å². The monoisotopic (exact) mass is 369 g/mol. The van der Waals surface area contributed by atoms with Gasteiger partial charge < -0.3 is 10.0 Å². The molecule has 0 bridgehead atoms. The summed E-state index contributed by atoms with van der Waals surface area (Å²) in [6.07, 6.45) is 3.72. The topological polar surface area (TPSA) is 117 Å². The number of carbonyl (C=O) groups is 2. The van der Waals surface area contributed by atoms with Crippen molar-refractivity contribution < 1.29 is 23.1 Å². The maximum atomic E-state index is 12.3. The maximum absolute atomic E-state index is 12.3. The summed E-state index contributed by atoms with van der Waals surface area (Å²) in [6, 6.07) is 1.63. The van der Waals surface area contributed by atoms with Crippen molar-refractivity contribution in [3.63, 3.8) is 0 Å². The number of rotatable bonds is 4. The predicted octanol–water partition coefficient (Wildman–Crippen LogP) is 1.24. The zero-order valence-electron chi connectivity index (χ0n) is 14.5. The van der Waals surface area contributed by atoms with E-state index in [0.29, 0.717) is 31.6 Å². The fraction of sp³-hybridized carbons (Fsp3) is 0.562. The molecule has 1 aromatic rings. The van der Waals surface area contributed by atoms with E-state index in [1.807, 2.05) is 4.90 Å². The molecule has 0 spiro atoms. The van der Waals surface area contributed by atoms with Crippen molar-refractivity contribution in [2.75, 3.05) is 18.0 Å². The molecule has 25 heavy (non-hydrogen) atoms. The Hall–Kier alpha value is -2.16. The van der Waals surface area contributed by atoms with E-state index in [0.717, 1.165) is 0 Å². The number of carboxylic acids is 1. The highest BCUT2D eigenvalue weighted by Crippen LogP contribution is 2.26. The summed E-state index contributed by atoms with van der Waals surface area (Å²) in [5.41, 5.74) is 0.671. The number of aromatic carboxylic acids is 1. The molecule has 2 N–H and O–H groups in total. The van der Waals surface area contributed by atoms with Crippen molar-refractivity contribution in [3.8, 4) is 0 Å². The van der Waals surface area contributed by atoms with Gasteiger partial charge in [-0.2, -0.15) is 0 Å². The first-order valence-corrected chi connectivity index (χ1v) is 9.49. The standard InChI is InChI=1S/C16H23N3O5S/c1-16(2,3)25(23,24)18-14(20)11-5-8-19(9-6-11)13-4-7-17-10-12(13)15(21)22/h4,7,10-11H,5-6,8-9H2,1-3H3,(H,18,20)(H,21,22). The number of pyridine rings is 1. The van der Waals surface area contributed by atoms with Gasteiger partial charge in [0.05, 0.1) is 10.4 Å². The molecule has 0 aromatic carbocycles. The second kappa shape index (κ2) is 6.99. The number of nitrogens with zero attached hydrogens (tertiary/aromatic N) is 2. The molecule has 0 radical (unpaired) electrons. The lowest BCUT2D eigenvalue weighted by Gasteiger charge is -2.33. The second-order valence-corrected chi connectivity index (χ2v) is 9.48. The Labute approximate surface area is 147 Å². The van der Waals surface area contributed by atoms with Crippen LogP contribution in [0, 0.1) is 5.92 Å². The summed E-state index contributed by atoms with van der Waals surface area (Å²) in [5.74, 6) is -1.97. The van der Waals surface area contributed by atoms with E-state index in [4.69, 9.17) is 0 Å². The van der Waals surface area contributed by atoms with Gasteiger partial charge in [0.1, 0.15) is 5.56 Å². The van der Waals surface area contributed by atoms with E-state index in [1.54, 1.807) is 6.07 Å². The van der Waals surface area contributed by atoms with Crippen molar-refractivity contribution in [2.45, 2.75) is 38.4 Å². The van der Waals surface area contributed by atoms with Gasteiger partial charge in [0.2, 0.25) is 15.9 Å². The summed E-state index contributed by atoms with van der Waals surface area (Å²) >= 11 is 0. The van der Waals surface area contributed by atoms with Crippen molar-refractivity contribution in [2.24, 2.45) is 5.92 Å². The summed E-state index contributed by atoms with van der Waals surface area (Å²) in [7, 11) is -3.73. The molecule has 9 heteroatoms. The number of hydrogen-bond acceptors (Lipinski definition) is 6. The molecule has 2 rings (SSSR count). The van der Waals surface area contributed by atoms with Crippen LogP contribution >= 0.6 is 0 Å². The van der Waals surface area contributed by atoms with Gasteiger partial charge in [-0.15, -0.1) is 0 Å². The normalized spacial score (nSPS) is 16.5. The minimum Gasteiger partial charge on any atom is -0.478 e. The molecular weight excluding hydrogens is 346 g/mol. The fourth-order valence-corrected chi connectivity index (χ4v) is 3.32. The number of anilines is 1. The second-order valence-electron chi connectivity index (χ2n) is 7.04. The quantitative estimate of drug-likeness (QED) is 0.820. The average Bonchev–Trinajstić information content (AvgIpc) is 2.53. The van der Waals surface area contributed by atoms with Gasteiger partial charge in [-0.05, 0) is 39.7 Å². The van der Waals surface area contributed by atoms with Crippen molar-refractivity contribution >= 4 is 27.6 Å². The highest BCUT2D eigenvalue weighted by Gasteiger charge is 2.34. The lowest BCUT2D eigenvalue weighted by Crippen LogP contribution is -2.47. The molecule has 138 valence electrons. The Kier molecular flexibility index (Phi) is 5.36. The summed E-state index contributed by atoms with van der Waals surface area (Å²) in [5, 5.41) is 9.24. The summed E-state index contributed by atoms with van der Waals surface area (Å²) < 4.78 is 25.3. The van der Waals surface area contributed by atoms with Crippen LogP contribution in [-0.2, 0) is 14.8 Å². The molecule has 0 atom stereocenters. The first kappa shape index (κ1) is 19.2. The van der Waals surface area contributed by atoms with Gasteiger partial charge in [0.15, 0.2) is 0 Å². The van der Waals surface area contributed by atoms with Gasteiger partial charge in [-0.3, -0.25) is 14.5 Å².